The number of nitrogens with two attached hydrogens (primary N) is 1. The Balaban J connectivity index is 0.000000612. The summed E-state index contributed by atoms with van der Waals surface area (Å²) in [4.78, 5) is 28.5. The summed E-state index contributed by atoms with van der Waals surface area (Å²) in [7, 11) is 0. The lowest BCUT2D eigenvalue weighted by atomic mass is 10.2. The van der Waals surface area contributed by atoms with Gasteiger partial charge in [-0.3, -0.25) is 9.59 Å². The molecule has 1 aliphatic heterocycles. The molecule has 2 amide bonds. The first-order chi connectivity index (χ1) is 9.67. The number of carbonyl (C=O) groups excluding carboxylic acids is 2. The maximum Gasteiger partial charge on any atom is 0.282 e. The summed E-state index contributed by atoms with van der Waals surface area (Å²) in [5, 5.41) is 0.686. The van der Waals surface area contributed by atoms with Crippen molar-refractivity contribution in [3.8, 4) is 0 Å². The van der Waals surface area contributed by atoms with E-state index in [1.54, 1.807) is 11.3 Å². The van der Waals surface area contributed by atoms with Crippen LogP contribution in [0.3, 0.4) is 0 Å². The smallest absolute Gasteiger partial charge is 0.282 e. The van der Waals surface area contributed by atoms with Gasteiger partial charge >= 0.3 is 0 Å². The van der Waals surface area contributed by atoms with Gasteiger partial charge in [-0.2, -0.15) is 11.8 Å². The Kier molecular flexibility index (Phi) is 7.61. The number of aryl methyl sites for hydroxylation is 2. The highest BCUT2D eigenvalue weighted by Gasteiger charge is 2.22. The van der Waals surface area contributed by atoms with E-state index in [9.17, 15) is 4.79 Å². The van der Waals surface area contributed by atoms with Gasteiger partial charge in [0.1, 0.15) is 0 Å². The number of primary amides is 1. The number of aromatic nitrogens is 1. The zero-order valence-electron chi connectivity index (χ0n) is 11.9. The lowest BCUT2D eigenvalue weighted by Gasteiger charge is -2.25. The topological polar surface area (TPSA) is 76.3 Å². The summed E-state index contributed by atoms with van der Waals surface area (Å²) < 4.78 is 0. The first-order valence-electron chi connectivity index (χ1n) is 6.68. The number of thioether (sulfide) groups is 1. The van der Waals surface area contributed by atoms with Crippen LogP contribution >= 0.6 is 23.1 Å². The van der Waals surface area contributed by atoms with Crippen molar-refractivity contribution in [1.82, 2.24) is 9.88 Å². The summed E-state index contributed by atoms with van der Waals surface area (Å²) in [5.41, 5.74) is 5.27. The molecular weight excluding hydrogens is 294 g/mol. The van der Waals surface area contributed by atoms with Crippen LogP contribution in [0.15, 0.2) is 0 Å². The third kappa shape index (κ3) is 4.49. The van der Waals surface area contributed by atoms with Crippen LogP contribution in [-0.2, 0) is 17.6 Å². The number of hydrogen-bond acceptors (Lipinski definition) is 5. The predicted molar refractivity (Wildman–Crippen MR) is 84.3 cm³/mol. The van der Waals surface area contributed by atoms with Crippen molar-refractivity contribution in [3.63, 3.8) is 0 Å². The summed E-state index contributed by atoms with van der Waals surface area (Å²) >= 11 is 3.49. The quantitative estimate of drug-likeness (QED) is 0.859. The molecule has 0 radical (unpaired) electrons. The summed E-state index contributed by atoms with van der Waals surface area (Å²) in [5.74, 6) is 2.24. The monoisotopic (exact) mass is 315 g/mol. The zero-order valence-corrected chi connectivity index (χ0v) is 13.6. The fourth-order valence-corrected chi connectivity index (χ4v) is 3.89. The molecule has 0 unspecified atom stereocenters. The van der Waals surface area contributed by atoms with E-state index in [0.717, 1.165) is 43.1 Å². The van der Waals surface area contributed by atoms with Crippen LogP contribution < -0.4 is 5.73 Å². The SMILES string of the molecule is CCc1nc(C(=O)N2CCSCC2)sc1CC.NC=O. The second kappa shape index (κ2) is 8.97. The molecule has 1 aromatic heterocycles. The van der Waals surface area contributed by atoms with Gasteiger partial charge in [0.2, 0.25) is 6.41 Å². The molecular formula is C13H21N3O2S2. The molecule has 1 aliphatic rings. The highest BCUT2D eigenvalue weighted by molar-refractivity contribution is 7.99. The second-order valence-corrected chi connectivity index (χ2v) is 6.45. The largest absolute Gasteiger partial charge is 0.372 e. The third-order valence-electron chi connectivity index (χ3n) is 2.92. The van der Waals surface area contributed by atoms with Crippen LogP contribution in [0.4, 0.5) is 0 Å². The van der Waals surface area contributed by atoms with Crippen molar-refractivity contribution in [3.05, 3.63) is 15.6 Å². The van der Waals surface area contributed by atoms with Crippen LogP contribution in [-0.4, -0.2) is 46.8 Å². The van der Waals surface area contributed by atoms with Crippen molar-refractivity contribution >= 4 is 35.4 Å². The van der Waals surface area contributed by atoms with Crippen LogP contribution in [0.1, 0.15) is 34.2 Å². The Morgan fingerprint density at radius 2 is 1.95 bits per heavy atom. The number of rotatable bonds is 3. The van der Waals surface area contributed by atoms with Gasteiger partial charge < -0.3 is 10.6 Å². The van der Waals surface area contributed by atoms with Crippen molar-refractivity contribution in [2.45, 2.75) is 26.7 Å². The Labute approximate surface area is 127 Å². The molecule has 2 N–H and O–H groups in total. The van der Waals surface area contributed by atoms with Gasteiger partial charge in [-0.1, -0.05) is 13.8 Å². The highest BCUT2D eigenvalue weighted by Crippen LogP contribution is 2.22. The maximum atomic E-state index is 12.3. The molecule has 0 aliphatic carbocycles. The minimum absolute atomic E-state index is 0.129. The average molecular weight is 315 g/mol. The molecule has 2 rings (SSSR count). The van der Waals surface area contributed by atoms with E-state index in [4.69, 9.17) is 4.79 Å². The Morgan fingerprint density at radius 3 is 2.40 bits per heavy atom. The van der Waals surface area contributed by atoms with Crippen molar-refractivity contribution in [2.24, 2.45) is 5.73 Å². The molecule has 1 aromatic rings. The maximum absolute atomic E-state index is 12.3. The molecule has 5 nitrogen and oxygen atoms in total. The highest BCUT2D eigenvalue weighted by atomic mass is 32.2. The number of thiazole rings is 1. The van der Waals surface area contributed by atoms with Gasteiger partial charge in [0.05, 0.1) is 5.69 Å². The minimum Gasteiger partial charge on any atom is -0.372 e. The standard InChI is InChI=1S/C12H18N2OS2.CH3NO/c1-3-9-10(4-2)17-11(13-9)12(15)14-5-7-16-8-6-14;2-1-3/h3-8H2,1-2H3;1H,(H2,2,3). The predicted octanol–water partition coefficient (Wildman–Crippen LogP) is 1.56. The van der Waals surface area contributed by atoms with Crippen LogP contribution in [0, 0.1) is 0 Å². The van der Waals surface area contributed by atoms with Crippen LogP contribution in [0.2, 0.25) is 0 Å². The molecule has 7 heteroatoms. The molecule has 2 heterocycles. The van der Waals surface area contributed by atoms with Crippen molar-refractivity contribution in [1.29, 1.82) is 0 Å². The number of hydrogen-bond donors (Lipinski definition) is 1. The third-order valence-corrected chi connectivity index (χ3v) is 5.09. The van der Waals surface area contributed by atoms with E-state index in [1.165, 1.54) is 4.88 Å². The average Bonchev–Trinajstić information content (AvgIpc) is 2.91. The Hall–Kier alpha value is -1.08. The fourth-order valence-electron chi connectivity index (χ4n) is 1.93. The number of nitrogens with zero attached hydrogens (tertiary/aromatic N) is 2. The van der Waals surface area contributed by atoms with Gasteiger partial charge in [0.15, 0.2) is 5.01 Å². The van der Waals surface area contributed by atoms with E-state index in [1.807, 2.05) is 16.7 Å². The van der Waals surface area contributed by atoms with E-state index < -0.39 is 0 Å². The lowest BCUT2D eigenvalue weighted by Crippen LogP contribution is -2.37. The summed E-state index contributed by atoms with van der Waals surface area (Å²) in [6.07, 6.45) is 2.15. The van der Waals surface area contributed by atoms with E-state index >= 15 is 0 Å². The van der Waals surface area contributed by atoms with Gasteiger partial charge in [-0.15, -0.1) is 11.3 Å². The molecule has 0 atom stereocenters. The Morgan fingerprint density at radius 1 is 1.35 bits per heavy atom. The number of amides is 2. The van der Waals surface area contributed by atoms with E-state index in [-0.39, 0.29) is 12.3 Å². The molecule has 0 aromatic carbocycles. The molecule has 1 saturated heterocycles. The molecule has 20 heavy (non-hydrogen) atoms. The van der Waals surface area contributed by atoms with E-state index in [2.05, 4.69) is 24.6 Å². The molecule has 0 spiro atoms. The number of carbonyl (C=O) groups is 2. The molecule has 0 saturated carbocycles. The first-order valence-corrected chi connectivity index (χ1v) is 8.65. The summed E-state index contributed by atoms with van der Waals surface area (Å²) in [6, 6.07) is 0. The lowest BCUT2D eigenvalue weighted by molar-refractivity contribution is -0.106. The fraction of sp³-hybridized carbons (Fsp3) is 0.615. The molecule has 112 valence electrons. The second-order valence-electron chi connectivity index (χ2n) is 4.14. The Bertz CT molecular complexity index is 421. The van der Waals surface area contributed by atoms with Gasteiger partial charge in [0.25, 0.3) is 5.91 Å². The van der Waals surface area contributed by atoms with Gasteiger partial charge in [-0.05, 0) is 12.8 Å². The minimum atomic E-state index is 0.129. The molecule has 0 bridgehead atoms. The first kappa shape index (κ1) is 17.0. The van der Waals surface area contributed by atoms with Crippen LogP contribution in [0.25, 0.3) is 0 Å². The zero-order chi connectivity index (χ0) is 15.0. The van der Waals surface area contributed by atoms with Crippen molar-refractivity contribution in [2.75, 3.05) is 24.6 Å². The molecule has 1 fully saturated rings. The van der Waals surface area contributed by atoms with Crippen molar-refractivity contribution < 1.29 is 9.59 Å². The van der Waals surface area contributed by atoms with Gasteiger partial charge in [0, 0.05) is 29.5 Å². The normalized spacial score (nSPS) is 14.4. The summed E-state index contributed by atoms with van der Waals surface area (Å²) in [6.45, 7) is 5.95. The van der Waals surface area contributed by atoms with Gasteiger partial charge in [-0.25, -0.2) is 4.98 Å². The van der Waals surface area contributed by atoms with Crippen LogP contribution in [0.5, 0.6) is 0 Å². The van der Waals surface area contributed by atoms with E-state index in [0.29, 0.717) is 5.01 Å².